The van der Waals surface area contributed by atoms with Crippen LogP contribution in [0.4, 0.5) is 11.5 Å². The third-order valence-electron chi connectivity index (χ3n) is 3.41. The molecule has 0 aliphatic heterocycles. The Morgan fingerprint density at radius 3 is 2.64 bits per heavy atom. The standard InChI is InChI=1S/C18H25N5O2/c1-4-25-16-9-6-5-8-14(16)20-17-11-10-15(21-22-17)18(24)19-12-7-13-23(2)3/h5-6,8-11H,4,7,12-13H2,1-3H3,(H,19,24)(H,20,22). The van der Waals surface area contributed by atoms with Crippen LogP contribution in [0, 0.1) is 0 Å². The van der Waals surface area contributed by atoms with Gasteiger partial charge in [-0.25, -0.2) is 0 Å². The molecule has 2 aromatic rings. The first-order valence-electron chi connectivity index (χ1n) is 8.35. The molecule has 2 rings (SSSR count). The first kappa shape index (κ1) is 18.7. The summed E-state index contributed by atoms with van der Waals surface area (Å²) in [4.78, 5) is 14.1. The lowest BCUT2D eigenvalue weighted by atomic mass is 10.3. The number of amides is 1. The predicted molar refractivity (Wildman–Crippen MR) is 98.4 cm³/mol. The van der Waals surface area contributed by atoms with Crippen LogP contribution in [-0.2, 0) is 0 Å². The van der Waals surface area contributed by atoms with Gasteiger partial charge in [0.25, 0.3) is 5.91 Å². The van der Waals surface area contributed by atoms with Gasteiger partial charge < -0.3 is 20.3 Å². The Labute approximate surface area is 148 Å². The highest BCUT2D eigenvalue weighted by molar-refractivity contribution is 5.92. The number of anilines is 2. The minimum absolute atomic E-state index is 0.215. The van der Waals surface area contributed by atoms with E-state index in [-0.39, 0.29) is 5.91 Å². The molecule has 0 saturated carbocycles. The fourth-order valence-electron chi connectivity index (χ4n) is 2.20. The molecule has 0 bridgehead atoms. The third kappa shape index (κ3) is 6.04. The minimum Gasteiger partial charge on any atom is -0.492 e. The average molecular weight is 343 g/mol. The van der Waals surface area contributed by atoms with Gasteiger partial charge in [-0.05, 0) is 58.3 Å². The minimum atomic E-state index is -0.215. The van der Waals surface area contributed by atoms with Crippen LogP contribution < -0.4 is 15.4 Å². The van der Waals surface area contributed by atoms with Crippen LogP contribution in [0.1, 0.15) is 23.8 Å². The van der Waals surface area contributed by atoms with Gasteiger partial charge in [-0.1, -0.05) is 12.1 Å². The molecule has 0 fully saturated rings. The summed E-state index contributed by atoms with van der Waals surface area (Å²) in [5.74, 6) is 1.08. The maximum atomic E-state index is 12.0. The molecule has 1 heterocycles. The Kier molecular flexibility index (Phi) is 7.16. The smallest absolute Gasteiger partial charge is 0.271 e. The maximum Gasteiger partial charge on any atom is 0.271 e. The number of carbonyl (C=O) groups is 1. The number of rotatable bonds is 9. The second-order valence-electron chi connectivity index (χ2n) is 5.77. The number of nitrogens with zero attached hydrogens (tertiary/aromatic N) is 3. The van der Waals surface area contributed by atoms with Gasteiger partial charge >= 0.3 is 0 Å². The van der Waals surface area contributed by atoms with Crippen molar-refractivity contribution in [2.45, 2.75) is 13.3 Å². The molecule has 1 amide bonds. The Morgan fingerprint density at radius 1 is 1.16 bits per heavy atom. The number of hydrogen-bond donors (Lipinski definition) is 2. The molecule has 0 unspecified atom stereocenters. The van der Waals surface area contributed by atoms with E-state index >= 15 is 0 Å². The average Bonchev–Trinajstić information content (AvgIpc) is 2.61. The molecule has 0 aliphatic rings. The van der Waals surface area contributed by atoms with Crippen LogP contribution in [-0.4, -0.2) is 54.8 Å². The quantitative estimate of drug-likeness (QED) is 0.680. The summed E-state index contributed by atoms with van der Waals surface area (Å²) in [5.41, 5.74) is 1.10. The number of benzene rings is 1. The predicted octanol–water partition coefficient (Wildman–Crippen LogP) is 2.30. The van der Waals surface area contributed by atoms with Crippen molar-refractivity contribution in [3.63, 3.8) is 0 Å². The Hall–Kier alpha value is -2.67. The van der Waals surface area contributed by atoms with Crippen molar-refractivity contribution < 1.29 is 9.53 Å². The Bertz CT molecular complexity index is 673. The third-order valence-corrected chi connectivity index (χ3v) is 3.41. The first-order chi connectivity index (χ1) is 12.1. The monoisotopic (exact) mass is 343 g/mol. The molecule has 25 heavy (non-hydrogen) atoms. The van der Waals surface area contributed by atoms with Gasteiger partial charge in [-0.2, -0.15) is 0 Å². The van der Waals surface area contributed by atoms with Crippen LogP contribution in [0.25, 0.3) is 0 Å². The Morgan fingerprint density at radius 2 is 1.96 bits per heavy atom. The summed E-state index contributed by atoms with van der Waals surface area (Å²) < 4.78 is 5.56. The number of nitrogens with one attached hydrogen (secondary N) is 2. The van der Waals surface area contributed by atoms with E-state index in [1.165, 1.54) is 0 Å². The van der Waals surface area contributed by atoms with Gasteiger partial charge in [0.05, 0.1) is 12.3 Å². The van der Waals surface area contributed by atoms with E-state index in [0.717, 1.165) is 24.4 Å². The highest BCUT2D eigenvalue weighted by Gasteiger charge is 2.09. The second-order valence-corrected chi connectivity index (χ2v) is 5.77. The fourth-order valence-corrected chi connectivity index (χ4v) is 2.20. The molecule has 0 aliphatic carbocycles. The van der Waals surface area contributed by atoms with Crippen molar-refractivity contribution >= 4 is 17.4 Å². The van der Waals surface area contributed by atoms with Crippen molar-refractivity contribution in [2.24, 2.45) is 0 Å². The zero-order valence-corrected chi connectivity index (χ0v) is 15.0. The van der Waals surface area contributed by atoms with E-state index in [2.05, 4.69) is 25.7 Å². The molecule has 7 nitrogen and oxygen atoms in total. The van der Waals surface area contributed by atoms with Gasteiger partial charge in [0.1, 0.15) is 5.75 Å². The molecule has 0 spiro atoms. The van der Waals surface area contributed by atoms with Gasteiger partial charge in [-0.3, -0.25) is 4.79 Å². The summed E-state index contributed by atoms with van der Waals surface area (Å²) >= 11 is 0. The zero-order valence-electron chi connectivity index (χ0n) is 15.0. The van der Waals surface area contributed by atoms with Crippen molar-refractivity contribution in [1.29, 1.82) is 0 Å². The van der Waals surface area contributed by atoms with Crippen LogP contribution in [0.2, 0.25) is 0 Å². The summed E-state index contributed by atoms with van der Waals surface area (Å²) in [6, 6.07) is 11.0. The second kappa shape index (κ2) is 9.58. The topological polar surface area (TPSA) is 79.4 Å². The van der Waals surface area contributed by atoms with Crippen LogP contribution in [0.5, 0.6) is 5.75 Å². The lowest BCUT2D eigenvalue weighted by Crippen LogP contribution is -2.28. The Balaban J connectivity index is 1.92. The molecular weight excluding hydrogens is 318 g/mol. The van der Waals surface area contributed by atoms with E-state index in [0.29, 0.717) is 24.7 Å². The summed E-state index contributed by atoms with van der Waals surface area (Å²) in [5, 5.41) is 14.0. The van der Waals surface area contributed by atoms with Gasteiger partial charge in [0, 0.05) is 6.54 Å². The van der Waals surface area contributed by atoms with E-state index < -0.39 is 0 Å². The van der Waals surface area contributed by atoms with Crippen LogP contribution >= 0.6 is 0 Å². The van der Waals surface area contributed by atoms with Crippen LogP contribution in [0.15, 0.2) is 36.4 Å². The summed E-state index contributed by atoms with van der Waals surface area (Å²) in [6.45, 7) is 4.05. The number of carbonyl (C=O) groups excluding carboxylic acids is 1. The zero-order chi connectivity index (χ0) is 18.1. The van der Waals surface area contributed by atoms with Crippen molar-refractivity contribution in [3.05, 3.63) is 42.1 Å². The van der Waals surface area contributed by atoms with Gasteiger partial charge in [0.15, 0.2) is 11.5 Å². The molecule has 7 heteroatoms. The van der Waals surface area contributed by atoms with Crippen molar-refractivity contribution in [3.8, 4) is 5.75 Å². The number of hydrogen-bond acceptors (Lipinski definition) is 6. The lowest BCUT2D eigenvalue weighted by Gasteiger charge is -2.11. The largest absolute Gasteiger partial charge is 0.492 e. The SMILES string of the molecule is CCOc1ccccc1Nc1ccc(C(=O)NCCCN(C)C)nn1. The number of para-hydroxylation sites is 2. The number of ether oxygens (including phenoxy) is 1. The molecule has 134 valence electrons. The van der Waals surface area contributed by atoms with Crippen LogP contribution in [0.3, 0.4) is 0 Å². The maximum absolute atomic E-state index is 12.0. The van der Waals surface area contributed by atoms with Crippen molar-refractivity contribution in [2.75, 3.05) is 39.1 Å². The molecule has 0 atom stereocenters. The molecule has 2 N–H and O–H groups in total. The molecule has 1 aromatic carbocycles. The van der Waals surface area contributed by atoms with E-state index in [1.54, 1.807) is 12.1 Å². The highest BCUT2D eigenvalue weighted by Crippen LogP contribution is 2.26. The van der Waals surface area contributed by atoms with E-state index in [1.807, 2.05) is 45.3 Å². The fraction of sp³-hybridized carbons (Fsp3) is 0.389. The molecule has 1 aromatic heterocycles. The summed E-state index contributed by atoms with van der Waals surface area (Å²) in [6.07, 6.45) is 0.889. The molecule has 0 saturated heterocycles. The number of aromatic nitrogens is 2. The van der Waals surface area contributed by atoms with Gasteiger partial charge in [-0.15, -0.1) is 10.2 Å². The van der Waals surface area contributed by atoms with E-state index in [9.17, 15) is 4.79 Å². The van der Waals surface area contributed by atoms with Gasteiger partial charge in [0.2, 0.25) is 0 Å². The molecular formula is C18H25N5O2. The first-order valence-corrected chi connectivity index (χ1v) is 8.35. The summed E-state index contributed by atoms with van der Waals surface area (Å²) in [7, 11) is 4.01. The highest BCUT2D eigenvalue weighted by atomic mass is 16.5. The van der Waals surface area contributed by atoms with Crippen molar-refractivity contribution in [1.82, 2.24) is 20.4 Å². The normalized spacial score (nSPS) is 10.6. The van der Waals surface area contributed by atoms with E-state index in [4.69, 9.17) is 4.74 Å². The molecule has 0 radical (unpaired) electrons. The lowest BCUT2D eigenvalue weighted by molar-refractivity contribution is 0.0946.